The van der Waals surface area contributed by atoms with Crippen molar-refractivity contribution in [3.8, 4) is 0 Å². The molecule has 3 heteroatoms. The van der Waals surface area contributed by atoms with Gasteiger partial charge in [0.2, 0.25) is 0 Å². The molecule has 0 saturated carbocycles. The molecule has 1 nitrogen and oxygen atoms in total. The second-order valence-electron chi connectivity index (χ2n) is 2.75. The predicted octanol–water partition coefficient (Wildman–Crippen LogP) is 3.22. The van der Waals surface area contributed by atoms with Crippen molar-refractivity contribution in [3.63, 3.8) is 0 Å². The Morgan fingerprint density at radius 2 is 1.92 bits per heavy atom. The second-order valence-corrected chi connectivity index (χ2v) is 4.29. The average Bonchev–Trinajstić information content (AvgIpc) is 2.61. The van der Waals surface area contributed by atoms with Gasteiger partial charge in [-0.25, -0.2) is 0 Å². The van der Waals surface area contributed by atoms with Gasteiger partial charge in [-0.3, -0.25) is 0 Å². The topological polar surface area (TPSA) is 20.2 Å². The molecule has 1 rings (SSSR count). The van der Waals surface area contributed by atoms with E-state index in [-0.39, 0.29) is 6.61 Å². The summed E-state index contributed by atoms with van der Waals surface area (Å²) in [5, 5.41) is 12.9. The van der Waals surface area contributed by atoms with Crippen LogP contribution in [0.15, 0.2) is 22.9 Å². The fraction of sp³-hybridized carbons (Fsp3) is 0.600. The van der Waals surface area contributed by atoms with E-state index < -0.39 is 0 Å². The van der Waals surface area contributed by atoms with Crippen molar-refractivity contribution in [2.75, 3.05) is 6.61 Å². The summed E-state index contributed by atoms with van der Waals surface area (Å²) in [6.45, 7) is 2.40. The molecule has 0 aromatic carbocycles. The number of aliphatic hydroxyl groups excluding tert-OH is 1. The summed E-state index contributed by atoms with van der Waals surface area (Å²) in [6.07, 6.45) is 3.11. The van der Waals surface area contributed by atoms with Crippen LogP contribution in [0, 0.1) is 0 Å². The van der Waals surface area contributed by atoms with Crippen LogP contribution >= 0.6 is 24.0 Å². The number of thiol groups is 1. The van der Waals surface area contributed by atoms with Gasteiger partial charge < -0.3 is 5.11 Å². The van der Waals surface area contributed by atoms with Crippen molar-refractivity contribution in [1.29, 1.82) is 0 Å². The molecular formula is C10H18OS2. The molecule has 76 valence electrons. The molecule has 0 amide bonds. The lowest BCUT2D eigenvalue weighted by molar-refractivity contribution is 0.285. The first-order valence-corrected chi connectivity index (χ1v) is 6.03. The van der Waals surface area contributed by atoms with E-state index in [2.05, 4.69) is 19.6 Å². The van der Waals surface area contributed by atoms with Crippen molar-refractivity contribution < 1.29 is 5.11 Å². The Balaban J connectivity index is 0.000000243. The normalized spacial score (nSPS) is 11.6. The standard InChI is InChI=1S/C6H14OS.C4H4S/c1-2-3-6(8)4-5-7;1-2-4-5-3-1/h6-8H,2-5H2,1H3;1-4H. The van der Waals surface area contributed by atoms with E-state index in [1.165, 1.54) is 0 Å². The lowest BCUT2D eigenvalue weighted by Gasteiger charge is -2.04. The zero-order chi connectivity index (χ0) is 9.94. The molecule has 0 aliphatic rings. The second kappa shape index (κ2) is 10.1. The van der Waals surface area contributed by atoms with E-state index in [1.54, 1.807) is 11.3 Å². The quantitative estimate of drug-likeness (QED) is 0.744. The van der Waals surface area contributed by atoms with Crippen LogP contribution in [0.5, 0.6) is 0 Å². The van der Waals surface area contributed by atoms with Gasteiger partial charge in [0.1, 0.15) is 0 Å². The molecule has 0 bridgehead atoms. The van der Waals surface area contributed by atoms with Gasteiger partial charge in [0.25, 0.3) is 0 Å². The molecule has 1 N–H and O–H groups in total. The maximum atomic E-state index is 8.41. The molecule has 0 saturated heterocycles. The molecule has 1 aromatic heterocycles. The van der Waals surface area contributed by atoms with Gasteiger partial charge in [-0.15, -0.1) is 0 Å². The number of hydrogen-bond donors (Lipinski definition) is 2. The summed E-state index contributed by atoms with van der Waals surface area (Å²) >= 11 is 5.94. The predicted molar refractivity (Wildman–Crippen MR) is 63.7 cm³/mol. The van der Waals surface area contributed by atoms with Crippen molar-refractivity contribution in [1.82, 2.24) is 0 Å². The number of aliphatic hydroxyl groups is 1. The number of hydrogen-bond acceptors (Lipinski definition) is 3. The highest BCUT2D eigenvalue weighted by Gasteiger charge is 1.97. The summed E-state index contributed by atoms with van der Waals surface area (Å²) in [5.41, 5.74) is 0. The van der Waals surface area contributed by atoms with Crippen LogP contribution in [0.3, 0.4) is 0 Å². The Morgan fingerprint density at radius 3 is 2.23 bits per heavy atom. The minimum Gasteiger partial charge on any atom is -0.396 e. The van der Waals surface area contributed by atoms with Crippen LogP contribution in [0.4, 0.5) is 0 Å². The highest BCUT2D eigenvalue weighted by atomic mass is 32.1. The first-order valence-electron chi connectivity index (χ1n) is 4.57. The lowest BCUT2D eigenvalue weighted by atomic mass is 10.2. The third kappa shape index (κ3) is 9.93. The molecular weight excluding hydrogens is 200 g/mol. The third-order valence-electron chi connectivity index (χ3n) is 1.51. The highest BCUT2D eigenvalue weighted by Crippen LogP contribution is 2.07. The number of rotatable bonds is 4. The van der Waals surface area contributed by atoms with Crippen molar-refractivity contribution in [2.24, 2.45) is 0 Å². The molecule has 1 aromatic rings. The summed E-state index contributed by atoms with van der Waals surface area (Å²) in [6, 6.07) is 4.04. The lowest BCUT2D eigenvalue weighted by Crippen LogP contribution is -1.99. The van der Waals surface area contributed by atoms with Gasteiger partial charge in [-0.1, -0.05) is 25.5 Å². The zero-order valence-corrected chi connectivity index (χ0v) is 9.73. The van der Waals surface area contributed by atoms with Crippen LogP contribution in [0.1, 0.15) is 26.2 Å². The SMILES string of the molecule is CCCC(S)CCO.c1ccsc1. The number of thiophene rings is 1. The van der Waals surface area contributed by atoms with Crippen molar-refractivity contribution >= 4 is 24.0 Å². The van der Waals surface area contributed by atoms with Gasteiger partial charge in [0, 0.05) is 11.9 Å². The fourth-order valence-electron chi connectivity index (χ4n) is 0.853. The van der Waals surface area contributed by atoms with Gasteiger partial charge in [0.05, 0.1) is 0 Å². The molecule has 1 atom stereocenters. The first kappa shape index (κ1) is 13.0. The molecule has 0 aliphatic carbocycles. The van der Waals surface area contributed by atoms with E-state index >= 15 is 0 Å². The van der Waals surface area contributed by atoms with Crippen LogP contribution < -0.4 is 0 Å². The van der Waals surface area contributed by atoms with E-state index in [1.807, 2.05) is 22.9 Å². The fourth-order valence-corrected chi connectivity index (χ4v) is 1.68. The summed E-state index contributed by atoms with van der Waals surface area (Å²) in [4.78, 5) is 0. The van der Waals surface area contributed by atoms with E-state index in [4.69, 9.17) is 5.11 Å². The molecule has 1 unspecified atom stereocenters. The van der Waals surface area contributed by atoms with Gasteiger partial charge in [-0.05, 0) is 23.6 Å². The van der Waals surface area contributed by atoms with Crippen LogP contribution in [0.25, 0.3) is 0 Å². The molecule has 0 spiro atoms. The largest absolute Gasteiger partial charge is 0.396 e. The summed E-state index contributed by atoms with van der Waals surface area (Å²) in [7, 11) is 0. The maximum Gasteiger partial charge on any atom is 0.0441 e. The third-order valence-corrected chi connectivity index (χ3v) is 2.65. The Hall–Kier alpha value is 0.01000. The van der Waals surface area contributed by atoms with Crippen LogP contribution in [-0.2, 0) is 0 Å². The highest BCUT2D eigenvalue weighted by molar-refractivity contribution is 7.80. The Morgan fingerprint density at radius 1 is 1.31 bits per heavy atom. The van der Waals surface area contributed by atoms with Crippen molar-refractivity contribution in [3.05, 3.63) is 22.9 Å². The first-order chi connectivity index (χ1) is 6.31. The minimum atomic E-state index is 0.272. The monoisotopic (exact) mass is 218 g/mol. The molecule has 0 aliphatic heterocycles. The summed E-state index contributed by atoms with van der Waals surface area (Å²) in [5.74, 6) is 0. The van der Waals surface area contributed by atoms with E-state index in [0.717, 1.165) is 19.3 Å². The van der Waals surface area contributed by atoms with Crippen molar-refractivity contribution in [2.45, 2.75) is 31.4 Å². The molecule has 0 radical (unpaired) electrons. The van der Waals surface area contributed by atoms with Gasteiger partial charge >= 0.3 is 0 Å². The smallest absolute Gasteiger partial charge is 0.0441 e. The van der Waals surface area contributed by atoms with E-state index in [0.29, 0.717) is 5.25 Å². The minimum absolute atomic E-state index is 0.272. The molecule has 1 heterocycles. The van der Waals surface area contributed by atoms with E-state index in [9.17, 15) is 0 Å². The van der Waals surface area contributed by atoms with Gasteiger partial charge in [-0.2, -0.15) is 24.0 Å². The summed E-state index contributed by atoms with van der Waals surface area (Å²) < 4.78 is 0. The van der Waals surface area contributed by atoms with Crippen LogP contribution in [-0.4, -0.2) is 17.0 Å². The Bertz CT molecular complexity index is 140. The average molecular weight is 218 g/mol. The van der Waals surface area contributed by atoms with Gasteiger partial charge in [0.15, 0.2) is 0 Å². The Kier molecular flexibility index (Phi) is 10.1. The Labute approximate surface area is 90.2 Å². The zero-order valence-electron chi connectivity index (χ0n) is 8.02. The molecule has 13 heavy (non-hydrogen) atoms. The molecule has 0 fully saturated rings. The maximum absolute atomic E-state index is 8.41. The van der Waals surface area contributed by atoms with Crippen LogP contribution in [0.2, 0.25) is 0 Å².